The zero-order chi connectivity index (χ0) is 21.0. The normalized spacial score (nSPS) is 19.6. The fraction of sp³-hybridized carbons (Fsp3) is 0.316. The third-order valence-corrected chi connectivity index (χ3v) is 6.97. The molecule has 2 N–H and O–H groups in total. The first kappa shape index (κ1) is 21.2. The number of benzene rings is 2. The van der Waals surface area contributed by atoms with Crippen LogP contribution in [0.25, 0.3) is 0 Å². The van der Waals surface area contributed by atoms with Crippen molar-refractivity contribution >= 4 is 15.7 Å². The Balaban J connectivity index is 1.73. The van der Waals surface area contributed by atoms with Gasteiger partial charge < -0.3 is 9.47 Å². The number of hydrogen-bond acceptors (Lipinski definition) is 7. The second kappa shape index (κ2) is 8.87. The summed E-state index contributed by atoms with van der Waals surface area (Å²) >= 11 is 0. The van der Waals surface area contributed by atoms with Gasteiger partial charge in [-0.25, -0.2) is 12.8 Å². The van der Waals surface area contributed by atoms with E-state index >= 15 is 0 Å². The summed E-state index contributed by atoms with van der Waals surface area (Å²) in [5.74, 6) is -2.29. The van der Waals surface area contributed by atoms with Crippen LogP contribution in [-0.4, -0.2) is 48.4 Å². The Kier molecular flexibility index (Phi) is 6.48. The molecule has 0 aliphatic carbocycles. The topological polar surface area (TPSA) is 113 Å². The van der Waals surface area contributed by atoms with E-state index in [0.29, 0.717) is 5.75 Å². The van der Waals surface area contributed by atoms with Crippen molar-refractivity contribution in [1.29, 1.82) is 0 Å². The highest BCUT2D eigenvalue weighted by molar-refractivity contribution is 7.92. The molecule has 0 saturated carbocycles. The summed E-state index contributed by atoms with van der Waals surface area (Å²) in [4.78, 5) is 11.9. The first-order valence-corrected chi connectivity index (χ1v) is 10.3. The summed E-state index contributed by atoms with van der Waals surface area (Å²) in [5, 5.41) is 16.2. The van der Waals surface area contributed by atoms with Gasteiger partial charge >= 0.3 is 0 Å². The van der Waals surface area contributed by atoms with Gasteiger partial charge in [-0.3, -0.25) is 15.2 Å². The second-order valence-corrected chi connectivity index (χ2v) is 8.73. The van der Waals surface area contributed by atoms with E-state index in [1.807, 2.05) is 0 Å². The van der Waals surface area contributed by atoms with Crippen molar-refractivity contribution in [3.8, 4) is 5.75 Å². The maximum atomic E-state index is 13.0. The maximum Gasteiger partial charge on any atom is 0.279 e. The molecule has 1 heterocycles. The number of amides is 1. The SMILES string of the molecule is O=C(C1COCCC1S(=O)(=O)c1ccc(OCc2ccc(F)cc2)cc1)N(O)O. The molecule has 0 spiro atoms. The smallest absolute Gasteiger partial charge is 0.279 e. The van der Waals surface area contributed by atoms with Crippen LogP contribution in [0, 0.1) is 11.7 Å². The minimum atomic E-state index is -3.93. The van der Waals surface area contributed by atoms with Gasteiger partial charge in [0, 0.05) is 6.61 Å². The molecule has 0 aromatic heterocycles. The quantitative estimate of drug-likeness (QED) is 0.539. The Bertz CT molecular complexity index is 946. The fourth-order valence-electron chi connectivity index (χ4n) is 3.12. The molecule has 8 nitrogen and oxygen atoms in total. The van der Waals surface area contributed by atoms with Gasteiger partial charge in [0.1, 0.15) is 18.2 Å². The van der Waals surface area contributed by atoms with E-state index in [1.54, 1.807) is 12.1 Å². The van der Waals surface area contributed by atoms with Crippen molar-refractivity contribution in [3.05, 3.63) is 59.9 Å². The number of carbonyl (C=O) groups is 1. The predicted octanol–water partition coefficient (Wildman–Crippen LogP) is 2.19. The van der Waals surface area contributed by atoms with E-state index in [1.165, 1.54) is 36.4 Å². The van der Waals surface area contributed by atoms with Gasteiger partial charge in [-0.1, -0.05) is 17.4 Å². The van der Waals surface area contributed by atoms with Gasteiger partial charge in [-0.15, -0.1) is 0 Å². The molecule has 2 atom stereocenters. The molecule has 2 aromatic rings. The average Bonchev–Trinajstić information content (AvgIpc) is 2.73. The molecule has 1 aliphatic rings. The molecular weight excluding hydrogens is 405 g/mol. The molecule has 1 fully saturated rings. The molecule has 10 heteroatoms. The highest BCUT2D eigenvalue weighted by Gasteiger charge is 2.42. The van der Waals surface area contributed by atoms with E-state index < -0.39 is 32.1 Å². The number of nitrogens with zero attached hydrogens (tertiary/aromatic N) is 1. The molecule has 29 heavy (non-hydrogen) atoms. The van der Waals surface area contributed by atoms with Crippen molar-refractivity contribution in [3.63, 3.8) is 0 Å². The Labute approximate surface area is 166 Å². The molecule has 2 unspecified atom stereocenters. The van der Waals surface area contributed by atoms with Crippen LogP contribution in [0.4, 0.5) is 4.39 Å². The third kappa shape index (κ3) is 4.91. The van der Waals surface area contributed by atoms with Crippen LogP contribution in [0.15, 0.2) is 53.4 Å². The lowest BCUT2D eigenvalue weighted by Crippen LogP contribution is -2.46. The van der Waals surface area contributed by atoms with Gasteiger partial charge in [-0.2, -0.15) is 0 Å². The van der Waals surface area contributed by atoms with E-state index in [-0.39, 0.29) is 37.0 Å². The van der Waals surface area contributed by atoms with Crippen LogP contribution in [0.2, 0.25) is 0 Å². The maximum absolute atomic E-state index is 13.0. The van der Waals surface area contributed by atoms with E-state index in [9.17, 15) is 17.6 Å². The third-order valence-electron chi connectivity index (χ3n) is 4.68. The second-order valence-electron chi connectivity index (χ2n) is 6.57. The van der Waals surface area contributed by atoms with Gasteiger partial charge in [-0.05, 0) is 48.4 Å². The number of sulfone groups is 1. The molecule has 3 rings (SSSR count). The summed E-state index contributed by atoms with van der Waals surface area (Å²) in [5.41, 5.74) is 0.754. The lowest BCUT2D eigenvalue weighted by Gasteiger charge is -2.30. The summed E-state index contributed by atoms with van der Waals surface area (Å²) in [6.45, 7) is 0.106. The predicted molar refractivity (Wildman–Crippen MR) is 97.5 cm³/mol. The van der Waals surface area contributed by atoms with Crippen LogP contribution in [-0.2, 0) is 26.0 Å². The summed E-state index contributed by atoms with van der Waals surface area (Å²) in [7, 11) is -3.93. The number of halogens is 1. The summed E-state index contributed by atoms with van der Waals surface area (Å²) in [6.07, 6.45) is 0.0510. The van der Waals surface area contributed by atoms with Crippen molar-refractivity contribution < 1.29 is 37.5 Å². The van der Waals surface area contributed by atoms with Crippen LogP contribution < -0.4 is 4.74 Å². The minimum absolute atomic E-state index is 0.0150. The number of hydroxylamine groups is 2. The van der Waals surface area contributed by atoms with Crippen molar-refractivity contribution in [1.82, 2.24) is 5.23 Å². The number of rotatable bonds is 6. The molecular formula is C19H20FNO7S. The Morgan fingerprint density at radius 3 is 2.41 bits per heavy atom. The van der Waals surface area contributed by atoms with Crippen LogP contribution in [0.5, 0.6) is 5.75 Å². The van der Waals surface area contributed by atoms with Crippen molar-refractivity contribution in [2.75, 3.05) is 13.2 Å². The van der Waals surface area contributed by atoms with Crippen molar-refractivity contribution in [2.45, 2.75) is 23.2 Å². The molecule has 1 aliphatic heterocycles. The minimum Gasteiger partial charge on any atom is -0.489 e. The number of carbonyl (C=O) groups excluding carboxylic acids is 1. The van der Waals surface area contributed by atoms with Gasteiger partial charge in [0.05, 0.1) is 22.7 Å². The highest BCUT2D eigenvalue weighted by Crippen LogP contribution is 2.29. The number of ether oxygens (including phenoxy) is 2. The van der Waals surface area contributed by atoms with Gasteiger partial charge in [0.25, 0.3) is 5.91 Å². The average molecular weight is 425 g/mol. The Morgan fingerprint density at radius 1 is 1.14 bits per heavy atom. The lowest BCUT2D eigenvalue weighted by atomic mass is 10.0. The molecule has 0 bridgehead atoms. The van der Waals surface area contributed by atoms with E-state index in [0.717, 1.165) is 5.56 Å². The largest absolute Gasteiger partial charge is 0.489 e. The Morgan fingerprint density at radius 2 is 1.79 bits per heavy atom. The Hall–Kier alpha value is -2.53. The first-order valence-electron chi connectivity index (χ1n) is 8.79. The summed E-state index contributed by atoms with van der Waals surface area (Å²) in [6, 6.07) is 11.5. The molecule has 156 valence electrons. The first-order chi connectivity index (χ1) is 13.8. The lowest BCUT2D eigenvalue weighted by molar-refractivity contribution is -0.289. The van der Waals surface area contributed by atoms with Crippen molar-refractivity contribution in [2.24, 2.45) is 5.92 Å². The van der Waals surface area contributed by atoms with Crippen LogP contribution in [0.3, 0.4) is 0 Å². The highest BCUT2D eigenvalue weighted by atomic mass is 32.2. The summed E-state index contributed by atoms with van der Waals surface area (Å²) < 4.78 is 49.6. The van der Waals surface area contributed by atoms with Crippen LogP contribution >= 0.6 is 0 Å². The standard InChI is InChI=1S/C19H20FNO7S/c20-14-3-1-13(2-4-14)11-28-15-5-7-16(8-6-15)29(25,26)18-9-10-27-12-17(18)19(22)21(23)24/h1-8,17-18,23-24H,9-12H2. The molecule has 2 aromatic carbocycles. The molecule has 1 amide bonds. The van der Waals surface area contributed by atoms with Gasteiger partial charge in [0.15, 0.2) is 9.84 Å². The number of hydrogen-bond donors (Lipinski definition) is 2. The molecule has 1 saturated heterocycles. The van der Waals surface area contributed by atoms with E-state index in [2.05, 4.69) is 0 Å². The van der Waals surface area contributed by atoms with Gasteiger partial charge in [0.2, 0.25) is 0 Å². The fourth-order valence-corrected chi connectivity index (χ4v) is 5.02. The van der Waals surface area contributed by atoms with Crippen LogP contribution in [0.1, 0.15) is 12.0 Å². The monoisotopic (exact) mass is 425 g/mol. The van der Waals surface area contributed by atoms with E-state index in [4.69, 9.17) is 19.9 Å². The zero-order valence-corrected chi connectivity index (χ0v) is 16.1. The molecule has 0 radical (unpaired) electrons. The zero-order valence-electron chi connectivity index (χ0n) is 15.3.